The Balaban J connectivity index is 1.73. The topological polar surface area (TPSA) is 55.4 Å². The fourth-order valence-electron chi connectivity index (χ4n) is 3.10. The summed E-state index contributed by atoms with van der Waals surface area (Å²) in [5.74, 6) is -0.107. The SMILES string of the molecule is CCOC(=O)c1c(NC(=O)CSc2ccc(F)cc2)sc2c1CC[C@H](C)C2. The zero-order chi connectivity index (χ0) is 19.4. The molecule has 1 aliphatic rings. The van der Waals surface area contributed by atoms with Crippen LogP contribution < -0.4 is 5.32 Å². The summed E-state index contributed by atoms with van der Waals surface area (Å²) in [6.45, 7) is 4.27. The Morgan fingerprint density at radius 2 is 2.07 bits per heavy atom. The Bertz CT molecular complexity index is 832. The number of ether oxygens (including phenoxy) is 1. The number of hydrogen-bond donors (Lipinski definition) is 1. The second kappa shape index (κ2) is 8.89. The van der Waals surface area contributed by atoms with Crippen LogP contribution >= 0.6 is 23.1 Å². The van der Waals surface area contributed by atoms with E-state index >= 15 is 0 Å². The number of thiophene rings is 1. The molecule has 0 saturated carbocycles. The number of thioether (sulfide) groups is 1. The zero-order valence-corrected chi connectivity index (χ0v) is 17.0. The number of halogens is 1. The third-order valence-corrected chi connectivity index (χ3v) is 6.61. The van der Waals surface area contributed by atoms with E-state index in [0.717, 1.165) is 29.7 Å². The van der Waals surface area contributed by atoms with E-state index in [1.54, 1.807) is 19.1 Å². The van der Waals surface area contributed by atoms with Gasteiger partial charge in [0.2, 0.25) is 5.91 Å². The largest absolute Gasteiger partial charge is 0.462 e. The summed E-state index contributed by atoms with van der Waals surface area (Å²) in [6, 6.07) is 6.02. The molecule has 0 aliphatic heterocycles. The number of hydrogen-bond acceptors (Lipinski definition) is 5. The van der Waals surface area contributed by atoms with Crippen molar-refractivity contribution >= 4 is 40.0 Å². The minimum Gasteiger partial charge on any atom is -0.462 e. The summed E-state index contributed by atoms with van der Waals surface area (Å²) < 4.78 is 18.2. The molecule has 7 heteroatoms. The molecule has 0 spiro atoms. The van der Waals surface area contributed by atoms with Crippen LogP contribution in [0, 0.1) is 11.7 Å². The van der Waals surface area contributed by atoms with E-state index in [2.05, 4.69) is 12.2 Å². The monoisotopic (exact) mass is 407 g/mol. The van der Waals surface area contributed by atoms with Crippen molar-refractivity contribution in [1.82, 2.24) is 0 Å². The van der Waals surface area contributed by atoms with Crippen molar-refractivity contribution in [2.24, 2.45) is 5.92 Å². The van der Waals surface area contributed by atoms with Gasteiger partial charge in [0, 0.05) is 9.77 Å². The zero-order valence-electron chi connectivity index (χ0n) is 15.3. The first kappa shape index (κ1) is 19.9. The number of esters is 1. The first-order chi connectivity index (χ1) is 13.0. The number of fused-ring (bicyclic) bond motifs is 1. The fourth-order valence-corrected chi connectivity index (χ4v) is 5.21. The molecule has 1 N–H and O–H groups in total. The minimum absolute atomic E-state index is 0.187. The number of amides is 1. The first-order valence-electron chi connectivity index (χ1n) is 8.97. The van der Waals surface area contributed by atoms with Gasteiger partial charge in [-0.2, -0.15) is 0 Å². The van der Waals surface area contributed by atoms with Crippen LogP contribution in [-0.2, 0) is 22.4 Å². The summed E-state index contributed by atoms with van der Waals surface area (Å²) >= 11 is 2.81. The van der Waals surface area contributed by atoms with Crippen molar-refractivity contribution in [2.75, 3.05) is 17.7 Å². The molecule has 0 fully saturated rings. The molecule has 27 heavy (non-hydrogen) atoms. The van der Waals surface area contributed by atoms with Crippen LogP contribution in [0.4, 0.5) is 9.39 Å². The summed E-state index contributed by atoms with van der Waals surface area (Å²) in [5, 5.41) is 3.47. The van der Waals surface area contributed by atoms with Crippen molar-refractivity contribution in [3.63, 3.8) is 0 Å². The van der Waals surface area contributed by atoms with Gasteiger partial charge in [0.15, 0.2) is 0 Å². The molecule has 1 aromatic carbocycles. The molecule has 1 amide bonds. The molecule has 1 atom stereocenters. The van der Waals surface area contributed by atoms with E-state index in [1.165, 1.54) is 40.1 Å². The summed E-state index contributed by atoms with van der Waals surface area (Å²) in [6.07, 6.45) is 2.79. The van der Waals surface area contributed by atoms with Gasteiger partial charge in [0.25, 0.3) is 0 Å². The Morgan fingerprint density at radius 3 is 2.78 bits per heavy atom. The number of nitrogens with one attached hydrogen (secondary N) is 1. The van der Waals surface area contributed by atoms with Crippen molar-refractivity contribution in [3.8, 4) is 0 Å². The number of carbonyl (C=O) groups excluding carboxylic acids is 2. The highest BCUT2D eigenvalue weighted by atomic mass is 32.2. The molecule has 0 radical (unpaired) electrons. The van der Waals surface area contributed by atoms with Gasteiger partial charge in [0.1, 0.15) is 10.8 Å². The molecule has 2 aromatic rings. The van der Waals surface area contributed by atoms with Gasteiger partial charge in [0.05, 0.1) is 17.9 Å². The molecule has 0 saturated heterocycles. The maximum Gasteiger partial charge on any atom is 0.341 e. The lowest BCUT2D eigenvalue weighted by molar-refractivity contribution is -0.113. The maximum atomic E-state index is 13.0. The molecular weight excluding hydrogens is 385 g/mol. The number of benzene rings is 1. The smallest absolute Gasteiger partial charge is 0.341 e. The number of rotatable bonds is 6. The van der Waals surface area contributed by atoms with Gasteiger partial charge in [-0.3, -0.25) is 4.79 Å². The van der Waals surface area contributed by atoms with Crippen LogP contribution in [0.3, 0.4) is 0 Å². The van der Waals surface area contributed by atoms with Crippen LogP contribution in [0.2, 0.25) is 0 Å². The fraction of sp³-hybridized carbons (Fsp3) is 0.400. The average Bonchev–Trinajstić information content (AvgIpc) is 2.98. The Morgan fingerprint density at radius 1 is 1.33 bits per heavy atom. The van der Waals surface area contributed by atoms with E-state index < -0.39 is 0 Å². The molecule has 0 bridgehead atoms. The molecule has 3 rings (SSSR count). The molecular formula is C20H22FNO3S2. The Kier molecular flexibility index (Phi) is 6.55. The van der Waals surface area contributed by atoms with Crippen LogP contribution in [-0.4, -0.2) is 24.2 Å². The molecule has 1 aromatic heterocycles. The molecule has 1 aliphatic carbocycles. The lowest BCUT2D eigenvalue weighted by atomic mass is 9.88. The summed E-state index contributed by atoms with van der Waals surface area (Å²) in [4.78, 5) is 26.9. The Hall–Kier alpha value is -1.86. The van der Waals surface area contributed by atoms with Crippen LogP contribution in [0.25, 0.3) is 0 Å². The third kappa shape index (κ3) is 4.90. The summed E-state index contributed by atoms with van der Waals surface area (Å²) in [7, 11) is 0. The van der Waals surface area contributed by atoms with Gasteiger partial charge >= 0.3 is 5.97 Å². The van der Waals surface area contributed by atoms with Crippen molar-refractivity contribution in [2.45, 2.75) is 38.0 Å². The van der Waals surface area contributed by atoms with Gasteiger partial charge in [-0.15, -0.1) is 23.1 Å². The normalized spacial score (nSPS) is 15.9. The van der Waals surface area contributed by atoms with Gasteiger partial charge in [-0.25, -0.2) is 9.18 Å². The van der Waals surface area contributed by atoms with Crippen LogP contribution in [0.15, 0.2) is 29.2 Å². The molecule has 4 nitrogen and oxygen atoms in total. The van der Waals surface area contributed by atoms with Crippen molar-refractivity contribution in [1.29, 1.82) is 0 Å². The molecule has 0 unspecified atom stereocenters. The average molecular weight is 408 g/mol. The first-order valence-corrected chi connectivity index (χ1v) is 10.8. The second-order valence-corrected chi connectivity index (χ2v) is 8.72. The quantitative estimate of drug-likeness (QED) is 0.545. The number of anilines is 1. The second-order valence-electron chi connectivity index (χ2n) is 6.57. The lowest BCUT2D eigenvalue weighted by Crippen LogP contribution is -2.17. The standard InChI is InChI=1S/C20H22FNO3S2/c1-3-25-20(24)18-15-9-4-12(2)10-16(15)27-19(18)22-17(23)11-26-14-7-5-13(21)6-8-14/h5-8,12H,3-4,9-11H2,1-2H3,(H,22,23)/t12-/m0/s1. The molecule has 144 valence electrons. The van der Waals surface area contributed by atoms with E-state index in [9.17, 15) is 14.0 Å². The predicted molar refractivity (Wildman–Crippen MR) is 107 cm³/mol. The summed E-state index contributed by atoms with van der Waals surface area (Å²) in [5.41, 5.74) is 1.54. The van der Waals surface area contributed by atoms with Crippen molar-refractivity contribution in [3.05, 3.63) is 46.1 Å². The van der Waals surface area contributed by atoms with E-state index in [4.69, 9.17) is 4.74 Å². The maximum absolute atomic E-state index is 13.0. The minimum atomic E-state index is -0.369. The van der Waals surface area contributed by atoms with Crippen LogP contribution in [0.1, 0.15) is 41.1 Å². The van der Waals surface area contributed by atoms with Gasteiger partial charge in [-0.1, -0.05) is 6.92 Å². The highest BCUT2D eigenvalue weighted by molar-refractivity contribution is 8.00. The van der Waals surface area contributed by atoms with Gasteiger partial charge < -0.3 is 10.1 Å². The number of carbonyl (C=O) groups is 2. The highest BCUT2D eigenvalue weighted by Gasteiger charge is 2.29. The van der Waals surface area contributed by atoms with Crippen molar-refractivity contribution < 1.29 is 18.7 Å². The Labute approximate surface area is 166 Å². The van der Waals surface area contributed by atoms with E-state index in [-0.39, 0.29) is 23.4 Å². The van der Waals surface area contributed by atoms with Crippen LogP contribution in [0.5, 0.6) is 0 Å². The van der Waals surface area contributed by atoms with Gasteiger partial charge in [-0.05, 0) is 61.9 Å². The van der Waals surface area contributed by atoms with E-state index in [1.807, 2.05) is 0 Å². The van der Waals surface area contributed by atoms with E-state index in [0.29, 0.717) is 23.1 Å². The highest BCUT2D eigenvalue weighted by Crippen LogP contribution is 2.40. The molecule has 1 heterocycles. The third-order valence-electron chi connectivity index (χ3n) is 4.43. The lowest BCUT2D eigenvalue weighted by Gasteiger charge is -2.18. The predicted octanol–water partition coefficient (Wildman–Crippen LogP) is 4.92.